The molecule has 0 amide bonds. The molecule has 1 aromatic carbocycles. The van der Waals surface area contributed by atoms with Gasteiger partial charge in [-0.2, -0.15) is 13.2 Å². The van der Waals surface area contributed by atoms with Gasteiger partial charge in [0.05, 0.1) is 11.1 Å². The van der Waals surface area contributed by atoms with Gasteiger partial charge in [-0.1, -0.05) is 0 Å². The average molecular weight is 360 g/mol. The van der Waals surface area contributed by atoms with Gasteiger partial charge < -0.3 is 15.6 Å². The Labute approximate surface area is 119 Å². The first-order valence-electron chi connectivity index (χ1n) is 5.31. The zero-order valence-corrected chi connectivity index (χ0v) is 11.7. The van der Waals surface area contributed by atoms with E-state index in [0.29, 0.717) is 6.07 Å². The molecule has 1 rings (SSSR count). The number of carbonyl (C=O) groups is 1. The van der Waals surface area contributed by atoms with Crippen molar-refractivity contribution in [3.63, 3.8) is 0 Å². The normalized spacial score (nSPS) is 13.2. The lowest BCUT2D eigenvalue weighted by molar-refractivity contribution is -0.174. The molecular formula is C11H10BrF4NO3. The molecular weight excluding hydrogens is 350 g/mol. The highest BCUT2D eigenvalue weighted by molar-refractivity contribution is 9.10. The van der Waals surface area contributed by atoms with Crippen LogP contribution in [0.2, 0.25) is 0 Å². The van der Waals surface area contributed by atoms with Crippen molar-refractivity contribution in [2.24, 2.45) is 5.73 Å². The van der Waals surface area contributed by atoms with Crippen molar-refractivity contribution in [1.82, 2.24) is 0 Å². The van der Waals surface area contributed by atoms with Crippen LogP contribution in [0.3, 0.4) is 0 Å². The average Bonchev–Trinajstić information content (AvgIpc) is 2.39. The number of benzene rings is 1. The number of hydrogen-bond donors (Lipinski definition) is 2. The van der Waals surface area contributed by atoms with Crippen LogP contribution in [0.5, 0.6) is 5.75 Å². The minimum absolute atomic E-state index is 0.311. The van der Waals surface area contributed by atoms with Gasteiger partial charge in [-0.05, 0) is 28.9 Å². The summed E-state index contributed by atoms with van der Waals surface area (Å²) in [6, 6.07) is -1.72. The molecule has 0 unspecified atom stereocenters. The number of phenols is 1. The molecule has 0 radical (unpaired) electrons. The maximum absolute atomic E-state index is 13.7. The van der Waals surface area contributed by atoms with Crippen LogP contribution in [0.4, 0.5) is 17.6 Å². The number of esters is 1. The number of rotatable bonds is 4. The van der Waals surface area contributed by atoms with Gasteiger partial charge in [0.2, 0.25) is 5.82 Å². The SMILES string of the molecule is CCOC(=O)C(F)(F)[C@@H](N)c1cc(Br)c(F)c(F)c1O. The first-order valence-corrected chi connectivity index (χ1v) is 6.10. The van der Waals surface area contributed by atoms with Crippen molar-refractivity contribution >= 4 is 21.9 Å². The molecule has 1 aromatic rings. The first kappa shape index (κ1) is 16.7. The van der Waals surface area contributed by atoms with Crippen LogP contribution < -0.4 is 5.73 Å². The standard InChI is InChI=1S/C11H10BrF4NO3/c1-2-20-10(19)11(15,16)9(17)4-3-5(12)6(13)7(14)8(4)18/h3,9,18H,2,17H2,1H3/t9-/m0/s1. The Morgan fingerprint density at radius 3 is 2.55 bits per heavy atom. The van der Waals surface area contributed by atoms with Gasteiger partial charge in [0.1, 0.15) is 6.04 Å². The second-order valence-corrected chi connectivity index (χ2v) is 4.60. The van der Waals surface area contributed by atoms with Gasteiger partial charge in [-0.15, -0.1) is 0 Å². The summed E-state index contributed by atoms with van der Waals surface area (Å²) in [5.74, 6) is -10.7. The second-order valence-electron chi connectivity index (χ2n) is 3.75. The Morgan fingerprint density at radius 1 is 1.50 bits per heavy atom. The monoisotopic (exact) mass is 359 g/mol. The molecule has 0 bridgehead atoms. The van der Waals surface area contributed by atoms with E-state index in [1.54, 1.807) is 0 Å². The van der Waals surface area contributed by atoms with E-state index in [4.69, 9.17) is 5.73 Å². The summed E-state index contributed by atoms with van der Waals surface area (Å²) in [6.07, 6.45) is 0. The van der Waals surface area contributed by atoms with Crippen LogP contribution in [-0.2, 0) is 9.53 Å². The second kappa shape index (κ2) is 5.96. The molecule has 0 aliphatic heterocycles. The number of nitrogens with two attached hydrogens (primary N) is 1. The molecule has 0 aliphatic rings. The van der Waals surface area contributed by atoms with Crippen molar-refractivity contribution in [2.45, 2.75) is 18.9 Å². The maximum Gasteiger partial charge on any atom is 0.379 e. The van der Waals surface area contributed by atoms with E-state index in [9.17, 15) is 27.5 Å². The van der Waals surface area contributed by atoms with Crippen LogP contribution >= 0.6 is 15.9 Å². The lowest BCUT2D eigenvalue weighted by atomic mass is 10.00. The maximum atomic E-state index is 13.7. The van der Waals surface area contributed by atoms with E-state index in [1.165, 1.54) is 6.92 Å². The molecule has 0 fully saturated rings. The van der Waals surface area contributed by atoms with Gasteiger partial charge >= 0.3 is 11.9 Å². The molecule has 9 heteroatoms. The molecule has 0 spiro atoms. The summed E-state index contributed by atoms with van der Waals surface area (Å²) in [5, 5.41) is 9.35. The molecule has 4 nitrogen and oxygen atoms in total. The summed E-state index contributed by atoms with van der Waals surface area (Å²) >= 11 is 2.59. The highest BCUT2D eigenvalue weighted by Crippen LogP contribution is 2.39. The molecule has 0 saturated carbocycles. The minimum atomic E-state index is -4.21. The number of aromatic hydroxyl groups is 1. The van der Waals surface area contributed by atoms with E-state index < -0.39 is 45.4 Å². The molecule has 0 saturated heterocycles. The summed E-state index contributed by atoms with van der Waals surface area (Å²) < 4.78 is 57.4. The lowest BCUT2D eigenvalue weighted by Gasteiger charge is -2.23. The number of carbonyl (C=O) groups excluding carboxylic acids is 1. The largest absolute Gasteiger partial charge is 0.505 e. The van der Waals surface area contributed by atoms with Crippen molar-refractivity contribution in [3.05, 3.63) is 27.7 Å². The van der Waals surface area contributed by atoms with Crippen molar-refractivity contribution < 1.29 is 32.2 Å². The number of hydrogen-bond acceptors (Lipinski definition) is 4. The Morgan fingerprint density at radius 2 is 2.05 bits per heavy atom. The Kier molecular flexibility index (Phi) is 4.98. The highest BCUT2D eigenvalue weighted by atomic mass is 79.9. The zero-order chi connectivity index (χ0) is 15.7. The molecule has 20 heavy (non-hydrogen) atoms. The summed E-state index contributed by atoms with van der Waals surface area (Å²) in [6.45, 7) is 1.000. The third-order valence-corrected chi connectivity index (χ3v) is 3.02. The van der Waals surface area contributed by atoms with E-state index in [-0.39, 0.29) is 6.61 Å². The molecule has 0 heterocycles. The molecule has 0 aromatic heterocycles. The highest BCUT2D eigenvalue weighted by Gasteiger charge is 2.49. The Hall–Kier alpha value is -1.35. The van der Waals surface area contributed by atoms with Crippen molar-refractivity contribution in [3.8, 4) is 5.75 Å². The van der Waals surface area contributed by atoms with E-state index in [2.05, 4.69) is 20.7 Å². The predicted molar refractivity (Wildman–Crippen MR) is 64.2 cm³/mol. The lowest BCUT2D eigenvalue weighted by Crippen LogP contribution is -2.41. The predicted octanol–water partition coefficient (Wildman–Crippen LogP) is 2.63. The van der Waals surface area contributed by atoms with Crippen molar-refractivity contribution in [2.75, 3.05) is 6.61 Å². The van der Waals surface area contributed by atoms with Crippen molar-refractivity contribution in [1.29, 1.82) is 0 Å². The summed E-state index contributed by atoms with van der Waals surface area (Å²) in [4.78, 5) is 11.1. The van der Waals surface area contributed by atoms with Gasteiger partial charge in [-0.3, -0.25) is 0 Å². The van der Waals surface area contributed by atoms with Crippen LogP contribution in [0.1, 0.15) is 18.5 Å². The van der Waals surface area contributed by atoms with Crippen LogP contribution in [-0.4, -0.2) is 23.6 Å². The van der Waals surface area contributed by atoms with E-state index in [1.807, 2.05) is 0 Å². The molecule has 1 atom stereocenters. The van der Waals surface area contributed by atoms with Gasteiger partial charge in [0.15, 0.2) is 11.6 Å². The number of alkyl halides is 2. The van der Waals surface area contributed by atoms with E-state index >= 15 is 0 Å². The molecule has 3 N–H and O–H groups in total. The molecule has 0 aliphatic carbocycles. The van der Waals surface area contributed by atoms with E-state index in [0.717, 1.165) is 0 Å². The van der Waals surface area contributed by atoms with Crippen LogP contribution in [0.15, 0.2) is 10.5 Å². The first-order chi connectivity index (χ1) is 9.14. The molecule has 112 valence electrons. The van der Waals surface area contributed by atoms with Crippen LogP contribution in [0.25, 0.3) is 0 Å². The smallest absolute Gasteiger partial charge is 0.379 e. The Bertz CT molecular complexity index is 539. The summed E-state index contributed by atoms with van der Waals surface area (Å²) in [7, 11) is 0. The fraction of sp³-hybridized carbons (Fsp3) is 0.364. The zero-order valence-electron chi connectivity index (χ0n) is 10.1. The van der Waals surface area contributed by atoms with Gasteiger partial charge in [-0.25, -0.2) is 9.18 Å². The minimum Gasteiger partial charge on any atom is -0.505 e. The third-order valence-electron chi connectivity index (χ3n) is 2.44. The fourth-order valence-corrected chi connectivity index (χ4v) is 1.81. The quantitative estimate of drug-likeness (QED) is 0.492. The third kappa shape index (κ3) is 2.88. The van der Waals surface area contributed by atoms with Gasteiger partial charge in [0, 0.05) is 5.56 Å². The summed E-state index contributed by atoms with van der Waals surface area (Å²) in [5.41, 5.74) is 4.35. The van der Waals surface area contributed by atoms with Crippen LogP contribution in [0, 0.1) is 11.6 Å². The van der Waals surface area contributed by atoms with Gasteiger partial charge in [0.25, 0.3) is 0 Å². The number of phenolic OH excluding ortho intramolecular Hbond substituents is 1. The fourth-order valence-electron chi connectivity index (χ4n) is 1.39. The Balaban J connectivity index is 3.28. The number of ether oxygens (including phenoxy) is 1. The number of halogens is 5. The topological polar surface area (TPSA) is 72.5 Å².